The number of esters is 4. The number of hydrogen-bond acceptors (Lipinski definition) is 15. The summed E-state index contributed by atoms with van der Waals surface area (Å²) in [6, 6.07) is 1.97. The van der Waals surface area contributed by atoms with Crippen LogP contribution in [0.15, 0.2) is 51.4 Å². The first-order chi connectivity index (χ1) is 30.0. The van der Waals surface area contributed by atoms with Crippen LogP contribution >= 0.6 is 47.0 Å². The average molecular weight is 958 g/mol. The highest BCUT2D eigenvalue weighted by Gasteiger charge is 2.47. The van der Waals surface area contributed by atoms with E-state index in [0.717, 1.165) is 72.7 Å². The Balaban J connectivity index is 1.86. The van der Waals surface area contributed by atoms with Gasteiger partial charge in [-0.1, -0.05) is 136 Å². The van der Waals surface area contributed by atoms with Crippen molar-refractivity contribution in [3.05, 3.63) is 31.8 Å². The van der Waals surface area contributed by atoms with Crippen LogP contribution in [0.2, 0.25) is 0 Å². The van der Waals surface area contributed by atoms with Crippen molar-refractivity contribution in [1.29, 1.82) is 5.26 Å². The van der Waals surface area contributed by atoms with E-state index in [2.05, 4.69) is 48.1 Å². The normalized spacial score (nSPS) is 15.8. The highest BCUT2D eigenvalue weighted by atomic mass is 32.2. The molecule has 1 fully saturated rings. The van der Waals surface area contributed by atoms with E-state index in [1.165, 1.54) is 16.9 Å². The van der Waals surface area contributed by atoms with Gasteiger partial charge in [-0.15, -0.1) is 0 Å². The molecule has 2 amide bonds. The van der Waals surface area contributed by atoms with Gasteiger partial charge in [0, 0.05) is 37.9 Å². The lowest BCUT2D eigenvalue weighted by molar-refractivity contribution is -0.147. The minimum Gasteiger partial charge on any atom is -0.462 e. The van der Waals surface area contributed by atoms with Crippen LogP contribution in [-0.2, 0) is 38.2 Å². The summed E-state index contributed by atoms with van der Waals surface area (Å²) in [5, 5.41) is 13.4. The minimum absolute atomic E-state index is 0.00415. The Hall–Kier alpha value is -3.85. The van der Waals surface area contributed by atoms with Gasteiger partial charge in [-0.05, 0) is 55.3 Å². The molecule has 17 heteroatoms. The molecule has 0 aromatic heterocycles. The number of hydrogen-bond donors (Lipinski definition) is 0. The van der Waals surface area contributed by atoms with Crippen molar-refractivity contribution < 1.29 is 47.7 Å². The monoisotopic (exact) mass is 957 g/mol. The fourth-order valence-corrected chi connectivity index (χ4v) is 12.9. The molecule has 3 aliphatic heterocycles. The van der Waals surface area contributed by atoms with Crippen molar-refractivity contribution in [3.63, 3.8) is 0 Å². The van der Waals surface area contributed by atoms with Crippen molar-refractivity contribution in [2.75, 3.05) is 26.3 Å². The van der Waals surface area contributed by atoms with Gasteiger partial charge in [0.05, 0.1) is 41.3 Å². The first kappa shape index (κ1) is 52.8. The number of hydrazine groups is 1. The van der Waals surface area contributed by atoms with E-state index < -0.39 is 35.7 Å². The molecule has 0 N–H and O–H groups in total. The van der Waals surface area contributed by atoms with Crippen molar-refractivity contribution in [2.45, 2.75) is 154 Å². The van der Waals surface area contributed by atoms with Crippen molar-refractivity contribution >= 4 is 82.7 Å². The summed E-state index contributed by atoms with van der Waals surface area (Å²) in [5.41, 5.74) is -0.189. The Morgan fingerprint density at radius 2 is 1.09 bits per heavy atom. The van der Waals surface area contributed by atoms with Gasteiger partial charge in [-0.3, -0.25) is 19.2 Å². The van der Waals surface area contributed by atoms with E-state index in [9.17, 15) is 34.0 Å². The molecule has 4 rings (SSSR count). The fraction of sp³-hybridized carbons (Fsp3) is 0.596. The zero-order valence-electron chi connectivity index (χ0n) is 39.1. The van der Waals surface area contributed by atoms with Crippen LogP contribution in [0.1, 0.15) is 134 Å². The number of thioether (sulfide) groups is 4. The average Bonchev–Trinajstić information content (AvgIpc) is 3.87. The maximum atomic E-state index is 14.2. The molecular formula is C47H63N3O10S4. The fourth-order valence-electron chi connectivity index (χ4n) is 7.47. The maximum absolute atomic E-state index is 14.2. The number of nitrogens with zero attached hydrogens (tertiary/aromatic N) is 3. The second-order valence-corrected chi connectivity index (χ2v) is 23.5. The van der Waals surface area contributed by atoms with E-state index in [1.807, 2.05) is 33.8 Å². The van der Waals surface area contributed by atoms with Gasteiger partial charge in [0.25, 0.3) is 11.8 Å². The minimum atomic E-state index is -0.914. The summed E-state index contributed by atoms with van der Waals surface area (Å²) in [6.07, 6.45) is 4.89. The lowest BCUT2D eigenvalue weighted by Crippen LogP contribution is -2.42. The number of unbranched alkanes of at least 4 members (excludes halogenated alkanes) is 2. The Bertz CT molecular complexity index is 2020. The predicted molar refractivity (Wildman–Crippen MR) is 251 cm³/mol. The predicted octanol–water partition coefficient (Wildman–Crippen LogP) is 11.0. The SMILES string of the molecule is C=C(C)C(=O)OCCCOC(=O)C(C#N)=C1Sc2c(OC(=O)CC(C)CC(C)(C)C)c3c(c(OC(=O)CC(C)CC(C)(C)C)c2S1)SC(=C1C(=O)N(CCCC)N(CCCC)C1=O)S3. The van der Waals surface area contributed by atoms with Crippen LogP contribution in [0.4, 0.5) is 0 Å². The zero-order chi connectivity index (χ0) is 47.7. The molecule has 0 aliphatic carbocycles. The molecule has 13 nitrogen and oxygen atoms in total. The number of nitriles is 1. The Kier molecular flexibility index (Phi) is 19.0. The lowest BCUT2D eigenvalue weighted by Gasteiger charge is -2.27. The van der Waals surface area contributed by atoms with E-state index in [1.54, 1.807) is 0 Å². The maximum Gasteiger partial charge on any atom is 0.350 e. The Morgan fingerprint density at radius 1 is 0.688 bits per heavy atom. The van der Waals surface area contributed by atoms with E-state index in [-0.39, 0.29) is 87.6 Å². The molecular weight excluding hydrogens is 895 g/mol. The molecule has 3 aliphatic rings. The van der Waals surface area contributed by atoms with Gasteiger partial charge in [-0.2, -0.15) is 5.26 Å². The second-order valence-electron chi connectivity index (χ2n) is 18.9. The third kappa shape index (κ3) is 14.1. The smallest absolute Gasteiger partial charge is 0.350 e. The standard InChI is InChI=1S/C47H63N3O10S4/c1-13-15-18-49-40(53)33(41(54)50(49)19-16-14-2)45-63-38-34(59-31(51)22-28(5)24-46(7,8)9)36-37(35(39(38)64-45)60-32(52)23-29(6)25-47(10,11)12)62-44(61-36)30(26-48)43(56)58-21-17-20-57-42(55)27(3)4/h28-29H,3,13-25H2,1-2,4-12H3. The summed E-state index contributed by atoms with van der Waals surface area (Å²) in [6.45, 7) is 26.2. The number of rotatable bonds is 20. The van der Waals surface area contributed by atoms with Crippen molar-refractivity contribution in [2.24, 2.45) is 22.7 Å². The summed E-state index contributed by atoms with van der Waals surface area (Å²) >= 11 is 4.23. The van der Waals surface area contributed by atoms with E-state index >= 15 is 0 Å². The van der Waals surface area contributed by atoms with Gasteiger partial charge in [0.15, 0.2) is 17.1 Å². The molecule has 0 saturated carbocycles. The van der Waals surface area contributed by atoms with Gasteiger partial charge < -0.3 is 18.9 Å². The molecule has 2 atom stereocenters. The first-order valence-electron chi connectivity index (χ1n) is 21.9. The molecule has 350 valence electrons. The Labute approximate surface area is 395 Å². The number of benzene rings is 1. The topological polar surface area (TPSA) is 170 Å². The van der Waals surface area contributed by atoms with Crippen molar-refractivity contribution in [1.82, 2.24) is 10.0 Å². The van der Waals surface area contributed by atoms with Gasteiger partial charge in [-0.25, -0.2) is 19.6 Å². The molecule has 0 bridgehead atoms. The van der Waals surface area contributed by atoms with Gasteiger partial charge in [0.2, 0.25) is 0 Å². The molecule has 64 heavy (non-hydrogen) atoms. The number of amides is 2. The number of ether oxygens (including phenoxy) is 4. The van der Waals surface area contributed by atoms with Crippen LogP contribution in [0.5, 0.6) is 11.5 Å². The van der Waals surface area contributed by atoms with Crippen LogP contribution in [0.3, 0.4) is 0 Å². The third-order valence-electron chi connectivity index (χ3n) is 9.86. The summed E-state index contributed by atoms with van der Waals surface area (Å²) < 4.78 is 23.7. The van der Waals surface area contributed by atoms with E-state index in [0.29, 0.717) is 49.8 Å². The van der Waals surface area contributed by atoms with Crippen LogP contribution in [0, 0.1) is 34.0 Å². The summed E-state index contributed by atoms with van der Waals surface area (Å²) in [4.78, 5) is 82.9. The molecule has 1 aromatic rings. The van der Waals surface area contributed by atoms with Crippen LogP contribution in [0.25, 0.3) is 0 Å². The quantitative estimate of drug-likeness (QED) is 0.0302. The largest absolute Gasteiger partial charge is 0.462 e. The molecule has 3 heterocycles. The van der Waals surface area contributed by atoms with Crippen molar-refractivity contribution in [3.8, 4) is 17.6 Å². The highest BCUT2D eigenvalue weighted by Crippen LogP contribution is 2.69. The van der Waals surface area contributed by atoms with E-state index in [4.69, 9.17) is 18.9 Å². The molecule has 2 unspecified atom stereocenters. The van der Waals surface area contributed by atoms with Gasteiger partial charge in [0.1, 0.15) is 11.6 Å². The second kappa shape index (κ2) is 23.1. The lowest BCUT2D eigenvalue weighted by atomic mass is 9.84. The molecule has 0 spiro atoms. The number of fused-ring (bicyclic) bond motifs is 2. The highest BCUT2D eigenvalue weighted by molar-refractivity contribution is 8.26. The van der Waals surface area contributed by atoms with Crippen LogP contribution < -0.4 is 9.47 Å². The molecule has 1 aromatic carbocycles. The molecule has 0 radical (unpaired) electrons. The number of carbonyl (C=O) groups excluding carboxylic acids is 6. The first-order valence-corrected chi connectivity index (χ1v) is 25.1. The number of carbonyl (C=O) groups is 6. The summed E-state index contributed by atoms with van der Waals surface area (Å²) in [7, 11) is 0. The summed E-state index contributed by atoms with van der Waals surface area (Å²) in [5.74, 6) is -3.21. The van der Waals surface area contributed by atoms with Crippen LogP contribution in [-0.4, -0.2) is 72.0 Å². The van der Waals surface area contributed by atoms with Gasteiger partial charge >= 0.3 is 23.9 Å². The Morgan fingerprint density at radius 3 is 1.47 bits per heavy atom. The zero-order valence-corrected chi connectivity index (χ0v) is 42.4. The third-order valence-corrected chi connectivity index (χ3v) is 15.1. The molecule has 1 saturated heterocycles.